The molecule has 0 aromatic heterocycles. The number of carbonyl (C=O) groups excluding carboxylic acids is 1. The highest BCUT2D eigenvalue weighted by atomic mass is 35.5. The molecule has 1 saturated heterocycles. The van der Waals surface area contributed by atoms with E-state index in [0.717, 1.165) is 0 Å². The molecule has 1 fully saturated rings. The van der Waals surface area contributed by atoms with Gasteiger partial charge < -0.3 is 9.47 Å². The summed E-state index contributed by atoms with van der Waals surface area (Å²) < 4.78 is 10.6. The number of nitriles is 1. The first-order chi connectivity index (χ1) is 9.56. The van der Waals surface area contributed by atoms with E-state index in [-0.39, 0.29) is 17.8 Å². The first-order valence-corrected chi connectivity index (χ1v) is 6.83. The van der Waals surface area contributed by atoms with Crippen LogP contribution in [0.4, 0.5) is 0 Å². The van der Waals surface area contributed by atoms with E-state index in [1.807, 2.05) is 6.92 Å². The Bertz CT molecular complexity index is 553. The van der Waals surface area contributed by atoms with Crippen LogP contribution in [0.15, 0.2) is 18.2 Å². The largest absolute Gasteiger partial charge is 0.496 e. The van der Waals surface area contributed by atoms with E-state index in [0.29, 0.717) is 29.4 Å². The Kier molecular flexibility index (Phi) is 4.64. The second kappa shape index (κ2) is 6.25. The number of methoxy groups -OCH3 is 1. The van der Waals surface area contributed by atoms with E-state index in [2.05, 4.69) is 6.07 Å². The van der Waals surface area contributed by atoms with Crippen LogP contribution in [0.5, 0.6) is 5.75 Å². The third-order valence-corrected chi connectivity index (χ3v) is 3.75. The normalized spacial score (nSPS) is 23.1. The van der Waals surface area contributed by atoms with Gasteiger partial charge in [-0.15, -0.1) is 0 Å². The van der Waals surface area contributed by atoms with Crippen molar-refractivity contribution in [1.29, 1.82) is 5.26 Å². The van der Waals surface area contributed by atoms with Gasteiger partial charge >= 0.3 is 0 Å². The predicted octanol–water partition coefficient (Wildman–Crippen LogP) is 2.95. The number of halogens is 1. The third kappa shape index (κ3) is 2.95. The maximum atomic E-state index is 12.5. The summed E-state index contributed by atoms with van der Waals surface area (Å²) in [5.41, 5.74) is 0.520. The highest BCUT2D eigenvalue weighted by molar-refractivity contribution is 6.30. The maximum absolute atomic E-state index is 12.5. The summed E-state index contributed by atoms with van der Waals surface area (Å²) in [4.78, 5) is 12.5. The fraction of sp³-hybridized carbons (Fsp3) is 0.467. The molecule has 0 bridgehead atoms. The molecule has 1 aromatic carbocycles. The lowest BCUT2D eigenvalue weighted by molar-refractivity contribution is -0.123. The van der Waals surface area contributed by atoms with Crippen LogP contribution in [0.3, 0.4) is 0 Å². The van der Waals surface area contributed by atoms with Crippen LogP contribution >= 0.6 is 11.6 Å². The van der Waals surface area contributed by atoms with Gasteiger partial charge in [0.25, 0.3) is 0 Å². The zero-order valence-electron chi connectivity index (χ0n) is 11.4. The quantitative estimate of drug-likeness (QED) is 0.856. The topological polar surface area (TPSA) is 59.3 Å². The molecule has 1 aliphatic heterocycles. The third-order valence-electron chi connectivity index (χ3n) is 3.52. The molecule has 2 rings (SSSR count). The summed E-state index contributed by atoms with van der Waals surface area (Å²) in [5.74, 6) is -0.737. The molecular formula is C15H16ClNO3. The van der Waals surface area contributed by atoms with Crippen LogP contribution in [0.25, 0.3) is 0 Å². The van der Waals surface area contributed by atoms with Crippen molar-refractivity contribution in [2.45, 2.75) is 25.4 Å². The van der Waals surface area contributed by atoms with E-state index in [1.54, 1.807) is 18.2 Å². The number of ketones is 1. The Hall–Kier alpha value is -1.57. The fourth-order valence-corrected chi connectivity index (χ4v) is 2.65. The number of hydrogen-bond acceptors (Lipinski definition) is 4. The highest BCUT2D eigenvalue weighted by Crippen LogP contribution is 2.33. The Morgan fingerprint density at radius 1 is 1.60 bits per heavy atom. The molecule has 4 nitrogen and oxygen atoms in total. The number of hydrogen-bond donors (Lipinski definition) is 0. The van der Waals surface area contributed by atoms with Gasteiger partial charge in [0.1, 0.15) is 11.7 Å². The maximum Gasteiger partial charge on any atom is 0.160 e. The van der Waals surface area contributed by atoms with Crippen LogP contribution < -0.4 is 4.74 Å². The monoisotopic (exact) mass is 293 g/mol. The Labute approximate surface area is 123 Å². The Morgan fingerprint density at radius 3 is 2.90 bits per heavy atom. The standard InChI is InChI=1S/C15H16ClNO3/c1-9-5-10(8-20-9)15(18)13(7-17)12-6-11(16)3-4-14(12)19-2/h3-4,6,9-10,13H,5,8H2,1-2H3. The second-order valence-corrected chi connectivity index (χ2v) is 5.36. The molecule has 0 radical (unpaired) electrons. The Morgan fingerprint density at radius 2 is 2.35 bits per heavy atom. The average molecular weight is 294 g/mol. The van der Waals surface area contributed by atoms with Crippen molar-refractivity contribution >= 4 is 17.4 Å². The van der Waals surface area contributed by atoms with E-state index < -0.39 is 5.92 Å². The van der Waals surface area contributed by atoms with Crippen LogP contribution in [-0.4, -0.2) is 25.6 Å². The van der Waals surface area contributed by atoms with Gasteiger partial charge in [-0.3, -0.25) is 4.79 Å². The zero-order chi connectivity index (χ0) is 14.7. The minimum atomic E-state index is -0.873. The van der Waals surface area contributed by atoms with Crippen LogP contribution in [-0.2, 0) is 9.53 Å². The molecule has 20 heavy (non-hydrogen) atoms. The van der Waals surface area contributed by atoms with Crippen molar-refractivity contribution in [2.75, 3.05) is 13.7 Å². The van der Waals surface area contributed by atoms with Gasteiger partial charge in [0.05, 0.1) is 25.9 Å². The summed E-state index contributed by atoms with van der Waals surface area (Å²) in [5, 5.41) is 9.85. The molecule has 0 spiro atoms. The second-order valence-electron chi connectivity index (χ2n) is 4.93. The molecule has 0 amide bonds. The molecular weight excluding hydrogens is 278 g/mol. The van der Waals surface area contributed by atoms with Gasteiger partial charge in [-0.05, 0) is 31.5 Å². The summed E-state index contributed by atoms with van der Waals surface area (Å²) in [6.45, 7) is 2.30. The number of benzene rings is 1. The highest BCUT2D eigenvalue weighted by Gasteiger charge is 2.35. The molecule has 3 atom stereocenters. The van der Waals surface area contributed by atoms with E-state index in [4.69, 9.17) is 21.1 Å². The van der Waals surface area contributed by atoms with Gasteiger partial charge in [0, 0.05) is 16.5 Å². The van der Waals surface area contributed by atoms with Crippen molar-refractivity contribution in [2.24, 2.45) is 5.92 Å². The van der Waals surface area contributed by atoms with Crippen molar-refractivity contribution < 1.29 is 14.3 Å². The Balaban J connectivity index is 2.31. The number of rotatable bonds is 4. The van der Waals surface area contributed by atoms with Crippen LogP contribution in [0.2, 0.25) is 5.02 Å². The summed E-state index contributed by atoms with van der Waals surface area (Å²) in [7, 11) is 1.51. The number of Topliss-reactive ketones (excluding diaryl/α,β-unsaturated/α-hetero) is 1. The lowest BCUT2D eigenvalue weighted by Gasteiger charge is -2.16. The zero-order valence-corrected chi connectivity index (χ0v) is 12.2. The molecule has 3 unspecified atom stereocenters. The summed E-state index contributed by atoms with van der Waals surface area (Å²) >= 11 is 5.96. The lowest BCUT2D eigenvalue weighted by Crippen LogP contribution is -2.22. The molecule has 1 aliphatic rings. The fourth-order valence-electron chi connectivity index (χ4n) is 2.47. The van der Waals surface area contributed by atoms with Crippen LogP contribution in [0.1, 0.15) is 24.8 Å². The summed E-state index contributed by atoms with van der Waals surface area (Å²) in [6, 6.07) is 7.02. The lowest BCUT2D eigenvalue weighted by atomic mass is 9.86. The molecule has 5 heteroatoms. The van der Waals surface area contributed by atoms with Gasteiger partial charge in [-0.1, -0.05) is 11.6 Å². The number of ether oxygens (including phenoxy) is 2. The molecule has 0 saturated carbocycles. The average Bonchev–Trinajstić information content (AvgIpc) is 2.86. The van der Waals surface area contributed by atoms with E-state index in [1.165, 1.54) is 7.11 Å². The van der Waals surface area contributed by atoms with Gasteiger partial charge in [0.2, 0.25) is 0 Å². The molecule has 1 aromatic rings. The number of carbonyl (C=O) groups is 1. The SMILES string of the molecule is COc1ccc(Cl)cc1C(C#N)C(=O)C1COC(C)C1. The first-order valence-electron chi connectivity index (χ1n) is 6.45. The van der Waals surface area contributed by atoms with Crippen molar-refractivity contribution in [3.63, 3.8) is 0 Å². The minimum absolute atomic E-state index is 0.0598. The first kappa shape index (κ1) is 14.8. The molecule has 0 N–H and O–H groups in total. The summed E-state index contributed by atoms with van der Waals surface area (Å²) in [6.07, 6.45) is 0.712. The van der Waals surface area contributed by atoms with E-state index in [9.17, 15) is 10.1 Å². The molecule has 0 aliphatic carbocycles. The smallest absolute Gasteiger partial charge is 0.160 e. The predicted molar refractivity (Wildman–Crippen MR) is 74.9 cm³/mol. The van der Waals surface area contributed by atoms with E-state index >= 15 is 0 Å². The van der Waals surface area contributed by atoms with Gasteiger partial charge in [0.15, 0.2) is 5.78 Å². The van der Waals surface area contributed by atoms with Crippen molar-refractivity contribution in [3.8, 4) is 11.8 Å². The van der Waals surface area contributed by atoms with Crippen molar-refractivity contribution in [3.05, 3.63) is 28.8 Å². The molecule has 106 valence electrons. The van der Waals surface area contributed by atoms with Gasteiger partial charge in [-0.2, -0.15) is 5.26 Å². The van der Waals surface area contributed by atoms with Crippen molar-refractivity contribution in [1.82, 2.24) is 0 Å². The minimum Gasteiger partial charge on any atom is -0.496 e. The molecule has 1 heterocycles. The van der Waals surface area contributed by atoms with Crippen LogP contribution in [0, 0.1) is 17.2 Å². The number of nitrogens with zero attached hydrogens (tertiary/aromatic N) is 1. The van der Waals surface area contributed by atoms with Gasteiger partial charge in [-0.25, -0.2) is 0 Å².